The zero-order chi connectivity index (χ0) is 23.6. The van der Waals surface area contributed by atoms with Gasteiger partial charge >= 0.3 is 5.97 Å². The van der Waals surface area contributed by atoms with Crippen LogP contribution in [0.25, 0.3) is 0 Å². The predicted molar refractivity (Wildman–Crippen MR) is 114 cm³/mol. The lowest BCUT2D eigenvalue weighted by molar-refractivity contribution is -0.143. The van der Waals surface area contributed by atoms with E-state index in [2.05, 4.69) is 16.0 Å². The second kappa shape index (κ2) is 12.7. The SMILES string of the molecule is CCC(C)C(N)C(=O)NC(Cc1ccccc1)C(=O)NC(C)C(=O)NC(CO)C(=O)O. The van der Waals surface area contributed by atoms with Crippen LogP contribution < -0.4 is 21.7 Å². The summed E-state index contributed by atoms with van der Waals surface area (Å²) in [5.41, 5.74) is 6.77. The van der Waals surface area contributed by atoms with E-state index >= 15 is 0 Å². The Hall–Kier alpha value is -2.98. The Morgan fingerprint density at radius 1 is 0.935 bits per heavy atom. The Bertz CT molecular complexity index is 757. The Kier molecular flexibility index (Phi) is 10.6. The molecule has 0 heterocycles. The Balaban J connectivity index is 2.90. The first-order valence-corrected chi connectivity index (χ1v) is 10.1. The molecule has 10 nitrogen and oxygen atoms in total. The van der Waals surface area contributed by atoms with E-state index in [-0.39, 0.29) is 12.3 Å². The molecule has 0 spiro atoms. The molecule has 172 valence electrons. The number of carbonyl (C=O) groups excluding carboxylic acids is 3. The highest BCUT2D eigenvalue weighted by Gasteiger charge is 2.29. The van der Waals surface area contributed by atoms with E-state index in [9.17, 15) is 19.2 Å². The van der Waals surface area contributed by atoms with Crippen molar-refractivity contribution in [2.75, 3.05) is 6.61 Å². The third-order valence-corrected chi connectivity index (χ3v) is 5.02. The van der Waals surface area contributed by atoms with E-state index in [1.807, 2.05) is 19.9 Å². The average Bonchev–Trinajstić information content (AvgIpc) is 2.75. The number of rotatable bonds is 12. The number of hydrogen-bond acceptors (Lipinski definition) is 6. The fourth-order valence-electron chi connectivity index (χ4n) is 2.70. The van der Waals surface area contributed by atoms with Gasteiger partial charge in [0.2, 0.25) is 17.7 Å². The maximum absolute atomic E-state index is 12.8. The van der Waals surface area contributed by atoms with Gasteiger partial charge in [-0.25, -0.2) is 4.79 Å². The summed E-state index contributed by atoms with van der Waals surface area (Å²) in [6.45, 7) is 4.32. The average molecular weight is 437 g/mol. The highest BCUT2D eigenvalue weighted by atomic mass is 16.4. The van der Waals surface area contributed by atoms with Gasteiger partial charge in [0.05, 0.1) is 12.6 Å². The van der Waals surface area contributed by atoms with E-state index in [0.29, 0.717) is 6.42 Å². The van der Waals surface area contributed by atoms with E-state index in [4.69, 9.17) is 15.9 Å². The molecule has 0 radical (unpaired) electrons. The van der Waals surface area contributed by atoms with Gasteiger partial charge in [0, 0.05) is 6.42 Å². The van der Waals surface area contributed by atoms with Crippen LogP contribution in [0.15, 0.2) is 30.3 Å². The van der Waals surface area contributed by atoms with Crippen LogP contribution >= 0.6 is 0 Å². The molecule has 3 amide bonds. The molecule has 1 rings (SSSR count). The number of benzene rings is 1. The van der Waals surface area contributed by atoms with Gasteiger partial charge in [-0.05, 0) is 18.4 Å². The smallest absolute Gasteiger partial charge is 0.328 e. The number of amides is 3. The van der Waals surface area contributed by atoms with Crippen LogP contribution in [0.5, 0.6) is 0 Å². The fourth-order valence-corrected chi connectivity index (χ4v) is 2.70. The van der Waals surface area contributed by atoms with E-state index in [1.54, 1.807) is 24.3 Å². The van der Waals surface area contributed by atoms with Crippen LogP contribution in [-0.2, 0) is 25.6 Å². The molecule has 0 bridgehead atoms. The van der Waals surface area contributed by atoms with Crippen molar-refractivity contribution < 1.29 is 29.4 Å². The number of aliphatic hydroxyl groups is 1. The number of carboxylic acids is 1. The zero-order valence-corrected chi connectivity index (χ0v) is 18.0. The molecule has 1 aromatic carbocycles. The van der Waals surface area contributed by atoms with E-state index in [1.165, 1.54) is 6.92 Å². The van der Waals surface area contributed by atoms with Crippen molar-refractivity contribution >= 4 is 23.7 Å². The van der Waals surface area contributed by atoms with Gasteiger partial charge in [-0.2, -0.15) is 0 Å². The molecule has 7 N–H and O–H groups in total. The van der Waals surface area contributed by atoms with Gasteiger partial charge in [0.15, 0.2) is 0 Å². The molecule has 0 aliphatic heterocycles. The number of carboxylic acid groups (broad SMARTS) is 1. The summed E-state index contributed by atoms with van der Waals surface area (Å²) in [6.07, 6.45) is 0.866. The molecular formula is C21H32N4O6. The number of carbonyl (C=O) groups is 4. The highest BCUT2D eigenvalue weighted by Crippen LogP contribution is 2.08. The Morgan fingerprint density at radius 2 is 1.52 bits per heavy atom. The predicted octanol–water partition coefficient (Wildman–Crippen LogP) is -0.846. The van der Waals surface area contributed by atoms with Crippen molar-refractivity contribution in [1.82, 2.24) is 16.0 Å². The summed E-state index contributed by atoms with van der Waals surface area (Å²) in [6, 6.07) is 4.65. The Morgan fingerprint density at radius 3 is 2.03 bits per heavy atom. The molecule has 5 unspecified atom stereocenters. The van der Waals surface area contributed by atoms with E-state index < -0.39 is 54.5 Å². The van der Waals surface area contributed by atoms with Gasteiger partial charge in [-0.1, -0.05) is 50.6 Å². The van der Waals surface area contributed by atoms with Crippen LogP contribution in [0.4, 0.5) is 0 Å². The first-order valence-electron chi connectivity index (χ1n) is 10.1. The summed E-state index contributed by atoms with van der Waals surface area (Å²) in [5, 5.41) is 25.2. The summed E-state index contributed by atoms with van der Waals surface area (Å²) in [4.78, 5) is 48.5. The number of aliphatic carboxylic acids is 1. The lowest BCUT2D eigenvalue weighted by atomic mass is 9.98. The molecule has 0 aromatic heterocycles. The summed E-state index contributed by atoms with van der Waals surface area (Å²) < 4.78 is 0. The monoisotopic (exact) mass is 436 g/mol. The van der Waals surface area contributed by atoms with Gasteiger partial charge in [0.1, 0.15) is 18.1 Å². The minimum Gasteiger partial charge on any atom is -0.480 e. The first kappa shape index (κ1) is 26.1. The Labute approximate surface area is 181 Å². The van der Waals surface area contributed by atoms with Crippen molar-refractivity contribution in [3.8, 4) is 0 Å². The van der Waals surface area contributed by atoms with Crippen LogP contribution in [0, 0.1) is 5.92 Å². The molecule has 0 aliphatic rings. The number of nitrogens with two attached hydrogens (primary N) is 1. The van der Waals surface area contributed by atoms with E-state index in [0.717, 1.165) is 5.56 Å². The fraction of sp³-hybridized carbons (Fsp3) is 0.524. The van der Waals surface area contributed by atoms with Gasteiger partial charge in [0.25, 0.3) is 0 Å². The standard InChI is InChI=1S/C21H32N4O6/c1-4-12(2)17(22)20(29)24-15(10-14-8-6-5-7-9-14)19(28)23-13(3)18(27)25-16(11-26)21(30)31/h5-9,12-13,15-17,26H,4,10-11,22H2,1-3H3,(H,23,28)(H,24,29)(H,25,27)(H,30,31). The molecule has 0 fully saturated rings. The lowest BCUT2D eigenvalue weighted by Gasteiger charge is -2.25. The quantitative estimate of drug-likeness (QED) is 0.248. The normalized spacial score (nSPS) is 15.6. The first-order chi connectivity index (χ1) is 14.6. The number of hydrogen-bond donors (Lipinski definition) is 6. The van der Waals surface area contributed by atoms with Crippen molar-refractivity contribution in [2.45, 2.75) is 57.8 Å². The molecule has 10 heteroatoms. The second-order valence-electron chi connectivity index (χ2n) is 7.47. The van der Waals surface area contributed by atoms with Crippen molar-refractivity contribution in [2.24, 2.45) is 11.7 Å². The van der Waals surface area contributed by atoms with Crippen LogP contribution in [0.2, 0.25) is 0 Å². The van der Waals surface area contributed by atoms with Crippen molar-refractivity contribution in [1.29, 1.82) is 0 Å². The maximum atomic E-state index is 12.8. The second-order valence-corrected chi connectivity index (χ2v) is 7.47. The summed E-state index contributed by atoms with van der Waals surface area (Å²) in [7, 11) is 0. The third-order valence-electron chi connectivity index (χ3n) is 5.02. The van der Waals surface area contributed by atoms with Crippen molar-refractivity contribution in [3.05, 3.63) is 35.9 Å². The molecule has 1 aromatic rings. The molecule has 0 saturated heterocycles. The van der Waals surface area contributed by atoms with Crippen LogP contribution in [0.3, 0.4) is 0 Å². The van der Waals surface area contributed by atoms with Gasteiger partial charge in [-0.3, -0.25) is 14.4 Å². The number of aliphatic hydroxyl groups excluding tert-OH is 1. The van der Waals surface area contributed by atoms with Gasteiger partial charge in [-0.15, -0.1) is 0 Å². The van der Waals surface area contributed by atoms with Crippen LogP contribution in [0.1, 0.15) is 32.8 Å². The summed E-state index contributed by atoms with van der Waals surface area (Å²) in [5.74, 6) is -3.36. The molecule has 0 saturated carbocycles. The molecular weight excluding hydrogens is 404 g/mol. The summed E-state index contributed by atoms with van der Waals surface area (Å²) >= 11 is 0. The minimum absolute atomic E-state index is 0.0865. The molecule has 5 atom stereocenters. The van der Waals surface area contributed by atoms with Gasteiger partial charge < -0.3 is 31.9 Å². The molecule has 31 heavy (non-hydrogen) atoms. The lowest BCUT2D eigenvalue weighted by Crippen LogP contribution is -2.57. The minimum atomic E-state index is -1.49. The maximum Gasteiger partial charge on any atom is 0.328 e. The largest absolute Gasteiger partial charge is 0.480 e. The third kappa shape index (κ3) is 8.35. The van der Waals surface area contributed by atoms with Crippen molar-refractivity contribution in [3.63, 3.8) is 0 Å². The molecule has 0 aliphatic carbocycles. The zero-order valence-electron chi connectivity index (χ0n) is 18.0. The number of nitrogens with one attached hydrogen (secondary N) is 3. The topological polar surface area (TPSA) is 171 Å². The van der Waals surface area contributed by atoms with Crippen LogP contribution in [-0.4, -0.2) is 64.7 Å². The highest BCUT2D eigenvalue weighted by molar-refractivity contribution is 5.94.